The molecule has 1 amide bonds. The number of rotatable bonds is 10. The fraction of sp³-hybridized carbons (Fsp3) is 0.400. The average Bonchev–Trinajstić information content (AvgIpc) is 3.84. The second-order valence-corrected chi connectivity index (χ2v) is 12.9. The average molecular weight is 652 g/mol. The monoisotopic (exact) mass is 651 g/mol. The summed E-state index contributed by atoms with van der Waals surface area (Å²) in [5.74, 6) is -0.0278. The van der Waals surface area contributed by atoms with Crippen LogP contribution in [0, 0.1) is 0 Å². The third-order valence-electron chi connectivity index (χ3n) is 9.77. The van der Waals surface area contributed by atoms with Crippen molar-refractivity contribution in [2.75, 3.05) is 11.9 Å². The second-order valence-electron chi connectivity index (χ2n) is 12.9. The molecule has 5 aromatic rings. The summed E-state index contributed by atoms with van der Waals surface area (Å²) < 4.78 is 3.29. The summed E-state index contributed by atoms with van der Waals surface area (Å²) in [5.41, 5.74) is 9.76. The van der Waals surface area contributed by atoms with Crippen molar-refractivity contribution in [1.82, 2.24) is 34.6 Å². The minimum atomic E-state index is -1.16. The summed E-state index contributed by atoms with van der Waals surface area (Å²) in [5, 5.41) is 42.7. The number of carbonyl (C=O) groups excluding carboxylic acids is 1. The molecule has 2 fully saturated rings. The van der Waals surface area contributed by atoms with Crippen LogP contribution in [-0.4, -0.2) is 81.4 Å². The number of nitrogens with two attached hydrogens (primary N) is 1. The molecule has 0 unspecified atom stereocenters. The summed E-state index contributed by atoms with van der Waals surface area (Å²) in [7, 11) is 0. The SMILES string of the molecule is NC1CCC(NC(=O)c2nc(NCC(c3ccccc3)c3ccccc3)c3ncn([C@@H]4C[C@H](n5cc(CO)cn5)[C@@H](O)[C@H]4O)c3n2)CC1. The van der Waals surface area contributed by atoms with E-state index in [4.69, 9.17) is 15.7 Å². The number of nitrogens with one attached hydrogen (secondary N) is 2. The Morgan fingerprint density at radius 3 is 2.25 bits per heavy atom. The maximum absolute atomic E-state index is 13.7. The summed E-state index contributed by atoms with van der Waals surface area (Å²) >= 11 is 0. The van der Waals surface area contributed by atoms with Crippen molar-refractivity contribution in [2.45, 2.75) is 81.0 Å². The lowest BCUT2D eigenvalue weighted by molar-refractivity contribution is 0.00720. The molecule has 2 aromatic carbocycles. The first-order chi connectivity index (χ1) is 23.4. The van der Waals surface area contributed by atoms with Gasteiger partial charge >= 0.3 is 0 Å². The Labute approximate surface area is 277 Å². The minimum Gasteiger partial charge on any atom is -0.392 e. The zero-order valence-electron chi connectivity index (χ0n) is 26.5. The van der Waals surface area contributed by atoms with Gasteiger partial charge in [0.2, 0.25) is 5.82 Å². The van der Waals surface area contributed by atoms with Crippen molar-refractivity contribution < 1.29 is 20.1 Å². The van der Waals surface area contributed by atoms with E-state index >= 15 is 0 Å². The predicted octanol–water partition coefficient (Wildman–Crippen LogP) is 2.67. The minimum absolute atomic E-state index is 0.0122. The highest BCUT2D eigenvalue weighted by Crippen LogP contribution is 2.40. The van der Waals surface area contributed by atoms with Crippen molar-refractivity contribution in [3.05, 3.63) is 102 Å². The van der Waals surface area contributed by atoms with Crippen molar-refractivity contribution in [3.8, 4) is 0 Å². The Hall–Kier alpha value is -4.69. The Morgan fingerprint density at radius 2 is 1.60 bits per heavy atom. The van der Waals surface area contributed by atoms with Gasteiger partial charge in [-0.05, 0) is 43.2 Å². The number of amides is 1. The standard InChI is InChI=1S/C35H41N9O4/c36-24-11-13-25(14-12-24)40-35(48)33-41-32(37-17-26(22-7-3-1-4-8-22)23-9-5-2-6-10-23)29-34(42-33)43(20-38-29)27-15-28(31(47)30(27)46)44-18-21(19-45)16-39-44/h1-10,16,18,20,24-28,30-31,45-47H,11-15,17,19,36H2,(H,40,48)(H,37,41,42)/t24?,25?,27-,28+,30+,31-/m1/s1. The third-order valence-corrected chi connectivity index (χ3v) is 9.77. The smallest absolute Gasteiger partial charge is 0.289 e. The molecule has 0 radical (unpaired) electrons. The van der Waals surface area contributed by atoms with E-state index in [1.807, 2.05) is 36.4 Å². The number of imidazole rings is 1. The van der Waals surface area contributed by atoms with Gasteiger partial charge in [0.25, 0.3) is 5.91 Å². The summed E-state index contributed by atoms with van der Waals surface area (Å²) in [6.45, 7) is 0.287. The Morgan fingerprint density at radius 1 is 0.938 bits per heavy atom. The topological polar surface area (TPSA) is 189 Å². The number of aromatic nitrogens is 6. The number of hydrogen-bond acceptors (Lipinski definition) is 10. The molecule has 4 atom stereocenters. The van der Waals surface area contributed by atoms with Crippen LogP contribution in [0.1, 0.15) is 77.4 Å². The van der Waals surface area contributed by atoms with Crippen LogP contribution < -0.4 is 16.4 Å². The Kier molecular flexibility index (Phi) is 9.17. The van der Waals surface area contributed by atoms with E-state index in [1.54, 1.807) is 21.8 Å². The van der Waals surface area contributed by atoms with Crippen LogP contribution in [0.4, 0.5) is 5.82 Å². The summed E-state index contributed by atoms with van der Waals surface area (Å²) in [6, 6.07) is 19.3. The Bertz CT molecular complexity index is 1800. The lowest BCUT2D eigenvalue weighted by Gasteiger charge is -2.26. The van der Waals surface area contributed by atoms with Gasteiger partial charge in [0.05, 0.1) is 31.2 Å². The fourth-order valence-corrected chi connectivity index (χ4v) is 7.06. The van der Waals surface area contributed by atoms with Gasteiger partial charge < -0.3 is 36.3 Å². The zero-order chi connectivity index (χ0) is 33.2. The molecule has 13 heteroatoms. The normalized spacial score (nSPS) is 24.3. The van der Waals surface area contributed by atoms with Crippen LogP contribution in [0.2, 0.25) is 0 Å². The van der Waals surface area contributed by atoms with E-state index < -0.39 is 30.2 Å². The van der Waals surface area contributed by atoms with E-state index in [1.165, 1.54) is 6.20 Å². The Balaban J connectivity index is 1.23. The van der Waals surface area contributed by atoms with Gasteiger partial charge in [-0.25, -0.2) is 15.0 Å². The summed E-state index contributed by atoms with van der Waals surface area (Å²) in [6.07, 6.45) is 6.05. The van der Waals surface area contributed by atoms with Gasteiger partial charge in [0.15, 0.2) is 11.5 Å². The van der Waals surface area contributed by atoms with Gasteiger partial charge in [0.1, 0.15) is 17.7 Å². The first-order valence-corrected chi connectivity index (χ1v) is 16.5. The van der Waals surface area contributed by atoms with E-state index in [0.717, 1.165) is 36.8 Å². The lowest BCUT2D eigenvalue weighted by atomic mass is 9.91. The number of aliphatic hydroxyl groups excluding tert-OH is 3. The number of anilines is 1. The molecule has 2 saturated carbocycles. The van der Waals surface area contributed by atoms with Gasteiger partial charge in [-0.15, -0.1) is 0 Å². The van der Waals surface area contributed by atoms with Crippen molar-refractivity contribution in [1.29, 1.82) is 0 Å². The molecule has 3 heterocycles. The molecule has 2 aliphatic carbocycles. The summed E-state index contributed by atoms with van der Waals surface area (Å²) in [4.78, 5) is 27.7. The molecule has 250 valence electrons. The van der Waals surface area contributed by atoms with Crippen LogP contribution in [0.5, 0.6) is 0 Å². The molecule has 7 N–H and O–H groups in total. The number of carbonyl (C=O) groups is 1. The predicted molar refractivity (Wildman–Crippen MR) is 179 cm³/mol. The molecule has 2 aliphatic rings. The molecule has 13 nitrogen and oxygen atoms in total. The largest absolute Gasteiger partial charge is 0.392 e. The highest BCUT2D eigenvalue weighted by atomic mass is 16.3. The van der Waals surface area contributed by atoms with Crippen molar-refractivity contribution in [2.24, 2.45) is 5.73 Å². The van der Waals surface area contributed by atoms with E-state index in [-0.39, 0.29) is 30.4 Å². The molecule has 48 heavy (non-hydrogen) atoms. The van der Waals surface area contributed by atoms with E-state index in [2.05, 4.69) is 45.0 Å². The molecule has 3 aromatic heterocycles. The highest BCUT2D eigenvalue weighted by molar-refractivity contribution is 5.94. The molecule has 0 spiro atoms. The van der Waals surface area contributed by atoms with Crippen molar-refractivity contribution >= 4 is 22.9 Å². The molecular weight excluding hydrogens is 610 g/mol. The number of fused-ring (bicyclic) bond motifs is 1. The fourth-order valence-electron chi connectivity index (χ4n) is 7.06. The first-order valence-electron chi connectivity index (χ1n) is 16.5. The van der Waals surface area contributed by atoms with Crippen molar-refractivity contribution in [3.63, 3.8) is 0 Å². The quantitative estimate of drug-likeness (QED) is 0.131. The van der Waals surface area contributed by atoms with Crippen LogP contribution in [-0.2, 0) is 6.61 Å². The van der Waals surface area contributed by atoms with E-state index in [9.17, 15) is 20.1 Å². The first kappa shape index (κ1) is 31.9. The molecule has 0 bridgehead atoms. The molecule has 7 rings (SSSR count). The molecule has 0 aliphatic heterocycles. The van der Waals surface area contributed by atoms with Crippen LogP contribution in [0.15, 0.2) is 79.4 Å². The van der Waals surface area contributed by atoms with Crippen LogP contribution in [0.3, 0.4) is 0 Å². The van der Waals surface area contributed by atoms with Gasteiger partial charge in [-0.2, -0.15) is 5.10 Å². The maximum atomic E-state index is 13.7. The van der Waals surface area contributed by atoms with Gasteiger partial charge in [-0.1, -0.05) is 60.7 Å². The highest BCUT2D eigenvalue weighted by Gasteiger charge is 2.44. The number of aliphatic hydroxyl groups is 3. The zero-order valence-corrected chi connectivity index (χ0v) is 26.5. The van der Waals surface area contributed by atoms with Gasteiger partial charge in [0, 0.05) is 36.3 Å². The maximum Gasteiger partial charge on any atom is 0.289 e. The third kappa shape index (κ3) is 6.41. The molecule has 0 saturated heterocycles. The van der Waals surface area contributed by atoms with Crippen LogP contribution in [0.25, 0.3) is 11.2 Å². The molecular formula is C35H41N9O4. The number of hydrogen-bond donors (Lipinski definition) is 6. The number of nitrogens with zero attached hydrogens (tertiary/aromatic N) is 6. The van der Waals surface area contributed by atoms with Gasteiger partial charge in [-0.3, -0.25) is 9.48 Å². The van der Waals surface area contributed by atoms with E-state index in [0.29, 0.717) is 35.5 Å². The lowest BCUT2D eigenvalue weighted by Crippen LogP contribution is -2.41. The van der Waals surface area contributed by atoms with Crippen LogP contribution >= 0.6 is 0 Å². The number of benzene rings is 2. The second kappa shape index (κ2) is 13.8.